The van der Waals surface area contributed by atoms with Crippen LogP contribution < -0.4 is 5.32 Å². The second-order valence-corrected chi connectivity index (χ2v) is 6.82. The third-order valence-corrected chi connectivity index (χ3v) is 4.93. The van der Waals surface area contributed by atoms with Gasteiger partial charge in [0.15, 0.2) is 0 Å². The molecule has 0 aliphatic carbocycles. The number of benzene rings is 1. The van der Waals surface area contributed by atoms with E-state index in [4.69, 9.17) is 0 Å². The summed E-state index contributed by atoms with van der Waals surface area (Å²) in [5, 5.41) is 3.46. The Kier molecular flexibility index (Phi) is 7.48. The van der Waals surface area contributed by atoms with E-state index in [-0.39, 0.29) is 0 Å². The quantitative estimate of drug-likeness (QED) is 0.738. The van der Waals surface area contributed by atoms with Crippen molar-refractivity contribution in [1.29, 1.82) is 0 Å². The maximum Gasteiger partial charge on any atom is 0.0108 e. The molecule has 1 aromatic carbocycles. The number of nitrogens with one attached hydrogen (secondary N) is 1. The van der Waals surface area contributed by atoms with E-state index in [1.165, 1.54) is 62.6 Å². The Labute approximate surface area is 128 Å². The normalized spacial score (nSPS) is 16.7. The van der Waals surface area contributed by atoms with Gasteiger partial charge in [-0.3, -0.25) is 0 Å². The zero-order valence-corrected chi connectivity index (χ0v) is 13.5. The van der Waals surface area contributed by atoms with E-state index >= 15 is 0 Å². The monoisotopic (exact) mass is 292 g/mol. The molecule has 1 N–H and O–H groups in total. The van der Waals surface area contributed by atoms with Gasteiger partial charge in [-0.05, 0) is 56.9 Å². The number of thioether (sulfide) groups is 1. The van der Waals surface area contributed by atoms with Gasteiger partial charge in [-0.2, -0.15) is 0 Å². The van der Waals surface area contributed by atoms with Crippen molar-refractivity contribution in [3.05, 3.63) is 30.3 Å². The van der Waals surface area contributed by atoms with Crippen LogP contribution in [0.5, 0.6) is 0 Å². The Balaban J connectivity index is 1.71. The standard InChI is InChI=1S/C17H28N2S/c1-2-12-19(15-16-8-10-18-11-9-16)13-14-20-17-6-4-3-5-7-17/h3-7,16,18H,2,8-15H2,1H3. The number of nitrogens with zero attached hydrogens (tertiary/aromatic N) is 1. The summed E-state index contributed by atoms with van der Waals surface area (Å²) in [7, 11) is 0. The van der Waals surface area contributed by atoms with Crippen molar-refractivity contribution in [2.24, 2.45) is 5.92 Å². The maximum absolute atomic E-state index is 3.46. The highest BCUT2D eigenvalue weighted by Crippen LogP contribution is 2.18. The summed E-state index contributed by atoms with van der Waals surface area (Å²) in [5.41, 5.74) is 0. The van der Waals surface area contributed by atoms with Gasteiger partial charge in [0, 0.05) is 23.7 Å². The predicted octanol–water partition coefficient (Wildman–Crippen LogP) is 3.49. The molecule has 112 valence electrons. The molecular weight excluding hydrogens is 264 g/mol. The van der Waals surface area contributed by atoms with E-state index in [2.05, 4.69) is 47.5 Å². The van der Waals surface area contributed by atoms with Crippen molar-refractivity contribution in [1.82, 2.24) is 10.2 Å². The minimum Gasteiger partial charge on any atom is -0.317 e. The van der Waals surface area contributed by atoms with Crippen molar-refractivity contribution in [2.75, 3.05) is 38.5 Å². The number of hydrogen-bond donors (Lipinski definition) is 1. The molecule has 0 aromatic heterocycles. The first-order valence-electron chi connectivity index (χ1n) is 7.99. The van der Waals surface area contributed by atoms with Crippen molar-refractivity contribution < 1.29 is 0 Å². The molecule has 0 saturated carbocycles. The molecule has 2 nitrogen and oxygen atoms in total. The van der Waals surface area contributed by atoms with E-state index in [0.717, 1.165) is 5.92 Å². The second kappa shape index (κ2) is 9.43. The average molecular weight is 292 g/mol. The molecule has 1 fully saturated rings. The van der Waals surface area contributed by atoms with Crippen molar-refractivity contribution in [3.63, 3.8) is 0 Å². The molecule has 1 saturated heterocycles. The fourth-order valence-electron chi connectivity index (χ4n) is 2.85. The van der Waals surface area contributed by atoms with Crippen LogP contribution in [0, 0.1) is 5.92 Å². The minimum absolute atomic E-state index is 0.907. The molecule has 0 atom stereocenters. The fraction of sp³-hybridized carbons (Fsp3) is 0.647. The van der Waals surface area contributed by atoms with Gasteiger partial charge in [0.25, 0.3) is 0 Å². The largest absolute Gasteiger partial charge is 0.317 e. The van der Waals surface area contributed by atoms with Crippen molar-refractivity contribution in [2.45, 2.75) is 31.1 Å². The highest BCUT2D eigenvalue weighted by Gasteiger charge is 2.16. The molecule has 1 heterocycles. The molecule has 3 heteroatoms. The van der Waals surface area contributed by atoms with Crippen LogP contribution in [0.4, 0.5) is 0 Å². The van der Waals surface area contributed by atoms with E-state index in [1.54, 1.807) is 0 Å². The molecule has 0 bridgehead atoms. The Morgan fingerprint density at radius 2 is 1.90 bits per heavy atom. The number of rotatable bonds is 8. The van der Waals surface area contributed by atoms with Crippen molar-refractivity contribution >= 4 is 11.8 Å². The lowest BCUT2D eigenvalue weighted by Gasteiger charge is -2.29. The zero-order valence-electron chi connectivity index (χ0n) is 12.7. The van der Waals surface area contributed by atoms with E-state index in [9.17, 15) is 0 Å². The molecule has 20 heavy (non-hydrogen) atoms. The average Bonchev–Trinajstić information content (AvgIpc) is 2.49. The van der Waals surface area contributed by atoms with E-state index < -0.39 is 0 Å². The van der Waals surface area contributed by atoms with Crippen LogP contribution in [0.15, 0.2) is 35.2 Å². The van der Waals surface area contributed by atoms with Gasteiger partial charge in [-0.25, -0.2) is 0 Å². The van der Waals surface area contributed by atoms with Crippen LogP contribution in [0.1, 0.15) is 26.2 Å². The lowest BCUT2D eigenvalue weighted by Crippen LogP contribution is -2.37. The predicted molar refractivity (Wildman–Crippen MR) is 89.5 cm³/mol. The summed E-state index contributed by atoms with van der Waals surface area (Å²) < 4.78 is 0. The highest BCUT2D eigenvalue weighted by atomic mass is 32.2. The van der Waals surface area contributed by atoms with Crippen LogP contribution in [0.2, 0.25) is 0 Å². The molecule has 1 aliphatic heterocycles. The molecule has 1 aliphatic rings. The summed E-state index contributed by atoms with van der Waals surface area (Å²) in [6, 6.07) is 10.8. The Bertz CT molecular complexity index is 349. The highest BCUT2D eigenvalue weighted by molar-refractivity contribution is 7.99. The van der Waals surface area contributed by atoms with Crippen LogP contribution in [-0.4, -0.2) is 43.4 Å². The smallest absolute Gasteiger partial charge is 0.0108 e. The molecule has 0 amide bonds. The van der Waals surface area contributed by atoms with Gasteiger partial charge in [0.2, 0.25) is 0 Å². The summed E-state index contributed by atoms with van der Waals surface area (Å²) in [6.45, 7) is 8.48. The molecule has 0 spiro atoms. The van der Waals surface area contributed by atoms with E-state index in [1.807, 2.05) is 11.8 Å². The van der Waals surface area contributed by atoms with Gasteiger partial charge in [-0.1, -0.05) is 25.1 Å². The first kappa shape index (κ1) is 15.9. The van der Waals surface area contributed by atoms with Gasteiger partial charge >= 0.3 is 0 Å². The van der Waals surface area contributed by atoms with Gasteiger partial charge in [0.1, 0.15) is 0 Å². The van der Waals surface area contributed by atoms with Crippen LogP contribution >= 0.6 is 11.8 Å². The van der Waals surface area contributed by atoms with Gasteiger partial charge in [-0.15, -0.1) is 11.8 Å². The Morgan fingerprint density at radius 3 is 2.60 bits per heavy atom. The summed E-state index contributed by atoms with van der Waals surface area (Å²) >= 11 is 1.98. The summed E-state index contributed by atoms with van der Waals surface area (Å²) in [4.78, 5) is 4.07. The topological polar surface area (TPSA) is 15.3 Å². The molecule has 0 radical (unpaired) electrons. The zero-order chi connectivity index (χ0) is 14.0. The fourth-order valence-corrected chi connectivity index (χ4v) is 3.78. The minimum atomic E-state index is 0.907. The Hall–Kier alpha value is -0.510. The Morgan fingerprint density at radius 1 is 1.15 bits per heavy atom. The van der Waals surface area contributed by atoms with Crippen LogP contribution in [-0.2, 0) is 0 Å². The third kappa shape index (κ3) is 5.86. The molecule has 1 aromatic rings. The van der Waals surface area contributed by atoms with Crippen LogP contribution in [0.3, 0.4) is 0 Å². The maximum atomic E-state index is 3.46. The summed E-state index contributed by atoms with van der Waals surface area (Å²) in [6.07, 6.45) is 3.97. The van der Waals surface area contributed by atoms with Gasteiger partial charge < -0.3 is 10.2 Å². The van der Waals surface area contributed by atoms with Gasteiger partial charge in [0.05, 0.1) is 0 Å². The summed E-state index contributed by atoms with van der Waals surface area (Å²) in [5.74, 6) is 2.11. The number of piperidine rings is 1. The molecular formula is C17H28N2S. The third-order valence-electron chi connectivity index (χ3n) is 3.93. The lowest BCUT2D eigenvalue weighted by atomic mass is 9.97. The SMILES string of the molecule is CCCN(CCSc1ccccc1)CC1CCNCC1. The van der Waals surface area contributed by atoms with E-state index in [0.29, 0.717) is 0 Å². The first-order valence-corrected chi connectivity index (χ1v) is 8.98. The lowest BCUT2D eigenvalue weighted by molar-refractivity contribution is 0.215. The molecule has 0 unspecified atom stereocenters. The first-order chi connectivity index (χ1) is 9.88. The second-order valence-electron chi connectivity index (χ2n) is 5.66. The van der Waals surface area contributed by atoms with Crippen LogP contribution in [0.25, 0.3) is 0 Å². The number of hydrogen-bond acceptors (Lipinski definition) is 3. The van der Waals surface area contributed by atoms with Crippen molar-refractivity contribution in [3.8, 4) is 0 Å². The molecule has 2 rings (SSSR count).